The number of hydrogen-bond acceptors (Lipinski definition) is 8. The van der Waals surface area contributed by atoms with Gasteiger partial charge in [-0.1, -0.05) is 0 Å². The fourth-order valence-electron chi connectivity index (χ4n) is 4.61. The van der Waals surface area contributed by atoms with Crippen LogP contribution in [0.25, 0.3) is 16.4 Å². The van der Waals surface area contributed by atoms with Crippen molar-refractivity contribution < 1.29 is 4.74 Å². The van der Waals surface area contributed by atoms with E-state index >= 15 is 0 Å². The van der Waals surface area contributed by atoms with Crippen molar-refractivity contribution in [1.82, 2.24) is 33.7 Å². The molecule has 1 aliphatic carbocycles. The maximum absolute atomic E-state index is 5.57. The minimum absolute atomic E-state index is 0.529. The highest BCUT2D eigenvalue weighted by atomic mass is 32.1. The van der Waals surface area contributed by atoms with Crippen LogP contribution in [0.3, 0.4) is 0 Å². The first-order chi connectivity index (χ1) is 15.7. The standard InChI is InChI=1S/C22H24N8OS/c1-14-12-28(13-23-14)18-9-8-17(24-19(18)31-2)20-25-22(27-32-20)29-10-5-11-30-21(29)15-6-3-4-7-16(15)26-30/h8-9,12-13H,3-7,10-11H2,1-2H3. The summed E-state index contributed by atoms with van der Waals surface area (Å²) in [4.78, 5) is 16.1. The van der Waals surface area contributed by atoms with Crippen LogP contribution in [0.15, 0.2) is 24.7 Å². The van der Waals surface area contributed by atoms with Crippen molar-refractivity contribution in [2.24, 2.45) is 0 Å². The number of imidazole rings is 1. The summed E-state index contributed by atoms with van der Waals surface area (Å²) >= 11 is 1.37. The van der Waals surface area contributed by atoms with Gasteiger partial charge in [0, 0.05) is 24.8 Å². The molecule has 0 fully saturated rings. The Kier molecular flexibility index (Phi) is 4.67. The quantitative estimate of drug-likeness (QED) is 0.470. The fraction of sp³-hybridized carbons (Fsp3) is 0.409. The van der Waals surface area contributed by atoms with Gasteiger partial charge in [-0.2, -0.15) is 14.5 Å². The highest BCUT2D eigenvalue weighted by Gasteiger charge is 2.30. The molecule has 0 saturated carbocycles. The third kappa shape index (κ3) is 3.17. The molecular formula is C22H24N8OS. The van der Waals surface area contributed by atoms with Crippen molar-refractivity contribution in [2.45, 2.75) is 45.6 Å². The number of aryl methyl sites for hydroxylation is 3. The summed E-state index contributed by atoms with van der Waals surface area (Å²) in [5, 5.41) is 5.66. The van der Waals surface area contributed by atoms with E-state index in [1.54, 1.807) is 13.4 Å². The number of aromatic nitrogens is 7. The minimum Gasteiger partial charge on any atom is -0.479 e. The summed E-state index contributed by atoms with van der Waals surface area (Å²) in [6.45, 7) is 3.82. The van der Waals surface area contributed by atoms with Crippen molar-refractivity contribution in [3.05, 3.63) is 41.6 Å². The zero-order valence-corrected chi connectivity index (χ0v) is 19.0. The summed E-state index contributed by atoms with van der Waals surface area (Å²) in [6, 6.07) is 3.94. The molecule has 10 heteroatoms. The van der Waals surface area contributed by atoms with Gasteiger partial charge in [0.2, 0.25) is 11.8 Å². The number of hydrogen-bond donors (Lipinski definition) is 0. The highest BCUT2D eigenvalue weighted by Crippen LogP contribution is 2.37. The molecule has 0 aromatic carbocycles. The molecule has 0 N–H and O–H groups in total. The number of nitrogens with zero attached hydrogens (tertiary/aromatic N) is 8. The van der Waals surface area contributed by atoms with Crippen LogP contribution in [-0.4, -0.2) is 47.3 Å². The van der Waals surface area contributed by atoms with E-state index in [1.165, 1.54) is 41.4 Å². The van der Waals surface area contributed by atoms with Gasteiger partial charge in [0.15, 0.2) is 5.01 Å². The van der Waals surface area contributed by atoms with Crippen molar-refractivity contribution in [3.8, 4) is 22.3 Å². The van der Waals surface area contributed by atoms with Gasteiger partial charge in [-0.05, 0) is 62.7 Å². The molecule has 2 aliphatic rings. The lowest BCUT2D eigenvalue weighted by atomic mass is 9.97. The first kappa shape index (κ1) is 19.4. The van der Waals surface area contributed by atoms with E-state index in [2.05, 4.69) is 14.6 Å². The second-order valence-electron chi connectivity index (χ2n) is 8.23. The predicted octanol–water partition coefficient (Wildman–Crippen LogP) is 3.72. The topological polar surface area (TPSA) is 86.8 Å². The number of ether oxygens (including phenoxy) is 1. The van der Waals surface area contributed by atoms with E-state index in [1.807, 2.05) is 29.8 Å². The van der Waals surface area contributed by atoms with Crippen LogP contribution in [0, 0.1) is 6.92 Å². The van der Waals surface area contributed by atoms with Crippen molar-refractivity contribution in [2.75, 3.05) is 18.6 Å². The Balaban J connectivity index is 1.35. The van der Waals surface area contributed by atoms with Crippen LogP contribution >= 0.6 is 11.5 Å². The molecule has 0 unspecified atom stereocenters. The van der Waals surface area contributed by atoms with Gasteiger partial charge in [-0.3, -0.25) is 4.90 Å². The van der Waals surface area contributed by atoms with E-state index in [0.717, 1.165) is 60.4 Å². The van der Waals surface area contributed by atoms with E-state index < -0.39 is 0 Å². The SMILES string of the molecule is COc1nc(-c2nc(N3CCCn4nc5c(c43)CCCC5)ns2)ccc1-n1cnc(C)c1. The van der Waals surface area contributed by atoms with Gasteiger partial charge in [-0.15, -0.1) is 0 Å². The van der Waals surface area contributed by atoms with Gasteiger partial charge >= 0.3 is 0 Å². The Morgan fingerprint density at radius 3 is 2.81 bits per heavy atom. The van der Waals surface area contributed by atoms with Crippen LogP contribution in [0.4, 0.5) is 11.8 Å². The number of methoxy groups -OCH3 is 1. The van der Waals surface area contributed by atoms with E-state index in [9.17, 15) is 0 Å². The largest absolute Gasteiger partial charge is 0.479 e. The summed E-state index contributed by atoms with van der Waals surface area (Å²) in [7, 11) is 1.63. The summed E-state index contributed by atoms with van der Waals surface area (Å²) in [5.41, 5.74) is 5.16. The predicted molar refractivity (Wildman–Crippen MR) is 122 cm³/mol. The molecule has 4 aromatic heterocycles. The van der Waals surface area contributed by atoms with Crippen LogP contribution in [-0.2, 0) is 19.4 Å². The number of anilines is 2. The first-order valence-electron chi connectivity index (χ1n) is 11.0. The van der Waals surface area contributed by atoms with E-state index in [-0.39, 0.29) is 0 Å². The summed E-state index contributed by atoms with van der Waals surface area (Å²) in [6.07, 6.45) is 9.36. The maximum atomic E-state index is 5.57. The van der Waals surface area contributed by atoms with Gasteiger partial charge in [-0.25, -0.2) is 14.6 Å². The Morgan fingerprint density at radius 1 is 1.06 bits per heavy atom. The smallest absolute Gasteiger partial charge is 0.243 e. The molecule has 6 rings (SSSR count). The van der Waals surface area contributed by atoms with Gasteiger partial charge in [0.25, 0.3) is 0 Å². The van der Waals surface area contributed by atoms with Gasteiger partial charge in [0.05, 0.1) is 24.8 Å². The fourth-order valence-corrected chi connectivity index (χ4v) is 5.25. The molecule has 0 spiro atoms. The Bertz CT molecular complexity index is 1290. The monoisotopic (exact) mass is 448 g/mol. The number of pyridine rings is 1. The molecular weight excluding hydrogens is 424 g/mol. The van der Waals surface area contributed by atoms with Crippen molar-refractivity contribution in [1.29, 1.82) is 0 Å². The second kappa shape index (κ2) is 7.70. The van der Waals surface area contributed by atoms with E-state index in [4.69, 9.17) is 24.2 Å². The van der Waals surface area contributed by atoms with Crippen molar-refractivity contribution in [3.63, 3.8) is 0 Å². The lowest BCUT2D eigenvalue weighted by Crippen LogP contribution is -2.29. The number of rotatable bonds is 4. The minimum atomic E-state index is 0.529. The van der Waals surface area contributed by atoms with Crippen LogP contribution in [0.5, 0.6) is 5.88 Å². The zero-order chi connectivity index (χ0) is 21.7. The van der Waals surface area contributed by atoms with Crippen LogP contribution in [0.2, 0.25) is 0 Å². The molecule has 0 radical (unpaired) electrons. The Morgan fingerprint density at radius 2 is 1.97 bits per heavy atom. The van der Waals surface area contributed by atoms with Gasteiger partial charge in [0.1, 0.15) is 17.2 Å². The van der Waals surface area contributed by atoms with E-state index in [0.29, 0.717) is 5.88 Å². The molecule has 0 saturated heterocycles. The molecule has 0 bridgehead atoms. The summed E-state index contributed by atoms with van der Waals surface area (Å²) in [5.74, 6) is 2.45. The van der Waals surface area contributed by atoms with Crippen LogP contribution in [0.1, 0.15) is 36.2 Å². The maximum Gasteiger partial charge on any atom is 0.243 e. The molecule has 164 valence electrons. The highest BCUT2D eigenvalue weighted by molar-refractivity contribution is 7.09. The molecule has 0 atom stereocenters. The van der Waals surface area contributed by atoms with Crippen LogP contribution < -0.4 is 9.64 Å². The molecule has 0 amide bonds. The second-order valence-corrected chi connectivity index (χ2v) is 8.98. The molecule has 5 heterocycles. The van der Waals surface area contributed by atoms with Crippen molar-refractivity contribution >= 4 is 23.3 Å². The lowest BCUT2D eigenvalue weighted by Gasteiger charge is -2.28. The third-order valence-corrected chi connectivity index (χ3v) is 6.83. The zero-order valence-electron chi connectivity index (χ0n) is 18.2. The molecule has 32 heavy (non-hydrogen) atoms. The summed E-state index contributed by atoms with van der Waals surface area (Å²) < 4.78 is 14.3. The first-order valence-corrected chi connectivity index (χ1v) is 11.7. The third-order valence-electron chi connectivity index (χ3n) is 6.10. The lowest BCUT2D eigenvalue weighted by molar-refractivity contribution is 0.396. The van der Waals surface area contributed by atoms with Gasteiger partial charge < -0.3 is 9.30 Å². The normalized spacial score (nSPS) is 15.5. The molecule has 4 aromatic rings. The Labute approximate surface area is 189 Å². The average Bonchev–Trinajstić information content (AvgIpc) is 3.56. The average molecular weight is 449 g/mol. The number of fused-ring (bicyclic) bond motifs is 3. The molecule has 9 nitrogen and oxygen atoms in total. The molecule has 1 aliphatic heterocycles. The Hall–Kier alpha value is -3.27.